The largest absolute Gasteiger partial charge is 0.383 e. The third-order valence-electron chi connectivity index (χ3n) is 7.08. The van der Waals surface area contributed by atoms with Crippen molar-refractivity contribution in [1.82, 2.24) is 49.6 Å². The van der Waals surface area contributed by atoms with E-state index >= 15 is 0 Å². The molecule has 0 aliphatic rings. The van der Waals surface area contributed by atoms with Gasteiger partial charge in [-0.25, -0.2) is 9.97 Å². The van der Waals surface area contributed by atoms with Gasteiger partial charge in [0.25, 0.3) is 5.91 Å². The van der Waals surface area contributed by atoms with Gasteiger partial charge < -0.3 is 20.6 Å². The minimum atomic E-state index is -0.197. The van der Waals surface area contributed by atoms with E-state index in [4.69, 9.17) is 10.7 Å². The number of pyridine rings is 1. The molecule has 0 aromatic carbocycles. The zero-order chi connectivity index (χ0) is 29.1. The van der Waals surface area contributed by atoms with E-state index in [1.165, 1.54) is 11.4 Å². The molecule has 0 saturated heterocycles. The van der Waals surface area contributed by atoms with Crippen LogP contribution in [0.5, 0.6) is 0 Å². The zero-order valence-corrected chi connectivity index (χ0v) is 23.5. The average Bonchev–Trinajstić information content (AvgIpc) is 3.74. The number of aromatic nitrogens is 9. The van der Waals surface area contributed by atoms with Crippen LogP contribution in [0.25, 0.3) is 28.3 Å². The minimum absolute atomic E-state index is 0.102. The van der Waals surface area contributed by atoms with Crippen molar-refractivity contribution in [2.75, 3.05) is 12.3 Å². The molecule has 0 aliphatic carbocycles. The van der Waals surface area contributed by atoms with Crippen molar-refractivity contribution in [3.63, 3.8) is 0 Å². The van der Waals surface area contributed by atoms with E-state index in [9.17, 15) is 9.59 Å². The molecule has 1 amide bonds. The lowest BCUT2D eigenvalue weighted by Gasteiger charge is -2.30. The summed E-state index contributed by atoms with van der Waals surface area (Å²) in [6.45, 7) is 7.87. The molecule has 1 atom stereocenters. The number of rotatable bonds is 11. The fourth-order valence-electron chi connectivity index (χ4n) is 5.08. The summed E-state index contributed by atoms with van der Waals surface area (Å²) in [7, 11) is 0. The second-order valence-electron chi connectivity index (χ2n) is 9.90. The first-order valence-electron chi connectivity index (χ1n) is 13.7. The molecular weight excluding hydrogens is 522 g/mol. The van der Waals surface area contributed by atoms with Gasteiger partial charge in [-0.05, 0) is 45.6 Å². The summed E-state index contributed by atoms with van der Waals surface area (Å²) in [5.74, 6) is 1.32. The van der Waals surface area contributed by atoms with E-state index in [0.29, 0.717) is 53.6 Å². The number of H-pyrrole nitrogens is 2. The molecular formula is C28H33N11O2. The summed E-state index contributed by atoms with van der Waals surface area (Å²) in [6.07, 6.45) is 9.36. The van der Waals surface area contributed by atoms with Gasteiger partial charge in [-0.3, -0.25) is 14.6 Å². The molecule has 0 bridgehead atoms. The number of nitrogens with one attached hydrogen (secondary N) is 2. The van der Waals surface area contributed by atoms with Crippen molar-refractivity contribution in [3.8, 4) is 22.6 Å². The molecule has 0 aliphatic heterocycles. The summed E-state index contributed by atoms with van der Waals surface area (Å²) >= 11 is 0. The number of hydrogen-bond acceptors (Lipinski definition) is 9. The Morgan fingerprint density at radius 2 is 1.98 bits per heavy atom. The molecule has 0 saturated carbocycles. The number of anilines is 1. The molecule has 212 valence electrons. The van der Waals surface area contributed by atoms with E-state index in [0.717, 1.165) is 24.0 Å². The number of carbonyl (C=O) groups excluding carboxylic acids is 2. The summed E-state index contributed by atoms with van der Waals surface area (Å²) in [5, 5.41) is 12.4. The molecule has 41 heavy (non-hydrogen) atoms. The Bertz CT molecular complexity index is 1670. The van der Waals surface area contributed by atoms with Crippen molar-refractivity contribution in [3.05, 3.63) is 59.8 Å². The molecule has 4 N–H and O–H groups in total. The number of nitrogens with two attached hydrogens (primary N) is 1. The molecule has 5 rings (SSSR count). The first-order valence-corrected chi connectivity index (χ1v) is 13.7. The molecule has 5 aromatic rings. The lowest BCUT2D eigenvalue weighted by Crippen LogP contribution is -2.41. The number of ketones is 1. The zero-order valence-electron chi connectivity index (χ0n) is 23.5. The smallest absolute Gasteiger partial charge is 0.291 e. The lowest BCUT2D eigenvalue weighted by atomic mass is 10.0. The van der Waals surface area contributed by atoms with Crippen molar-refractivity contribution in [1.29, 1.82) is 0 Å². The topological polar surface area (TPSA) is 177 Å². The van der Waals surface area contributed by atoms with Gasteiger partial charge in [-0.15, -0.1) is 10.2 Å². The Labute approximate surface area is 236 Å². The third kappa shape index (κ3) is 5.42. The number of aryl methyl sites for hydroxylation is 2. The number of carbonyl (C=O) groups is 2. The SMILES string of the molecule is CCCN(C(=O)c1nnc(C)[nH]1)[C@H](CC)CCc1nc2c(-c3ccc(-c4ncc[nH]4)nc3)cnn2c(N)c1C(C)=O. The van der Waals surface area contributed by atoms with E-state index < -0.39 is 0 Å². The van der Waals surface area contributed by atoms with Crippen molar-refractivity contribution in [2.24, 2.45) is 0 Å². The van der Waals surface area contributed by atoms with Crippen LogP contribution in [-0.4, -0.2) is 73.9 Å². The summed E-state index contributed by atoms with van der Waals surface area (Å²) in [4.78, 5) is 47.5. The first-order chi connectivity index (χ1) is 19.8. The molecule has 0 spiro atoms. The van der Waals surface area contributed by atoms with E-state index in [1.54, 1.807) is 31.7 Å². The maximum absolute atomic E-state index is 13.3. The molecule has 13 heteroatoms. The van der Waals surface area contributed by atoms with Crippen LogP contribution in [0.4, 0.5) is 5.82 Å². The predicted molar refractivity (Wildman–Crippen MR) is 153 cm³/mol. The van der Waals surface area contributed by atoms with Crippen LogP contribution in [0.15, 0.2) is 36.9 Å². The molecule has 0 radical (unpaired) electrons. The van der Waals surface area contributed by atoms with Gasteiger partial charge in [0.2, 0.25) is 5.82 Å². The summed E-state index contributed by atoms with van der Waals surface area (Å²) in [5.41, 5.74) is 10.2. The number of nitrogens with zero attached hydrogens (tertiary/aromatic N) is 8. The van der Waals surface area contributed by atoms with Gasteiger partial charge in [0.15, 0.2) is 17.3 Å². The van der Waals surface area contributed by atoms with Crippen LogP contribution in [-0.2, 0) is 6.42 Å². The van der Waals surface area contributed by atoms with Crippen LogP contribution in [0.2, 0.25) is 0 Å². The molecule has 5 heterocycles. The van der Waals surface area contributed by atoms with Crippen LogP contribution >= 0.6 is 0 Å². The monoisotopic (exact) mass is 555 g/mol. The standard InChI is InChI=1S/C28H33N11O2/c1-5-13-38(28(41)26-34-17(4)36-37-26)19(6-2)8-10-21-23(16(3)40)24(29)39-27(35-21)20(15-33-39)18-7-9-22(32-14-18)25-30-11-12-31-25/h7,9,11-12,14-15,19H,5-6,8,10,13,29H2,1-4H3,(H,30,31)(H,34,36,37)/t19-/m1/s1. The van der Waals surface area contributed by atoms with Gasteiger partial charge >= 0.3 is 0 Å². The normalized spacial score (nSPS) is 12.1. The van der Waals surface area contributed by atoms with Gasteiger partial charge in [-0.1, -0.05) is 19.9 Å². The molecule has 13 nitrogen and oxygen atoms in total. The Morgan fingerprint density at radius 3 is 2.59 bits per heavy atom. The maximum Gasteiger partial charge on any atom is 0.291 e. The van der Waals surface area contributed by atoms with Crippen LogP contribution in [0, 0.1) is 6.92 Å². The number of aromatic amines is 2. The quantitative estimate of drug-likeness (QED) is 0.205. The number of imidazole rings is 1. The van der Waals surface area contributed by atoms with E-state index in [2.05, 4.69) is 35.2 Å². The van der Waals surface area contributed by atoms with Gasteiger partial charge in [-0.2, -0.15) is 9.61 Å². The average molecular weight is 556 g/mol. The number of nitrogen functional groups attached to an aromatic ring is 1. The third-order valence-corrected chi connectivity index (χ3v) is 7.08. The number of amides is 1. The number of Topliss-reactive ketones (excluding diaryl/α,β-unsaturated/α-hetero) is 1. The van der Waals surface area contributed by atoms with Gasteiger partial charge in [0.1, 0.15) is 17.3 Å². The molecule has 5 aromatic heterocycles. The minimum Gasteiger partial charge on any atom is -0.383 e. The highest BCUT2D eigenvalue weighted by molar-refractivity contribution is 6.00. The van der Waals surface area contributed by atoms with Crippen molar-refractivity contribution < 1.29 is 9.59 Å². The van der Waals surface area contributed by atoms with Gasteiger partial charge in [0, 0.05) is 42.3 Å². The maximum atomic E-state index is 13.3. The van der Waals surface area contributed by atoms with Crippen LogP contribution in [0.1, 0.15) is 72.5 Å². The van der Waals surface area contributed by atoms with E-state index in [1.807, 2.05) is 30.9 Å². The molecule has 0 fully saturated rings. The highest BCUT2D eigenvalue weighted by atomic mass is 16.2. The second kappa shape index (κ2) is 11.7. The van der Waals surface area contributed by atoms with Crippen molar-refractivity contribution >= 4 is 23.2 Å². The van der Waals surface area contributed by atoms with E-state index in [-0.39, 0.29) is 29.4 Å². The Hall–Kier alpha value is -4.94. The van der Waals surface area contributed by atoms with Crippen LogP contribution in [0.3, 0.4) is 0 Å². The highest BCUT2D eigenvalue weighted by Gasteiger charge is 2.27. The second-order valence-corrected chi connectivity index (χ2v) is 9.90. The van der Waals surface area contributed by atoms with Crippen LogP contribution < -0.4 is 5.73 Å². The van der Waals surface area contributed by atoms with Crippen molar-refractivity contribution in [2.45, 2.75) is 59.4 Å². The number of hydrogen-bond donors (Lipinski definition) is 3. The van der Waals surface area contributed by atoms with Gasteiger partial charge in [0.05, 0.1) is 17.5 Å². The Balaban J connectivity index is 1.47. The Morgan fingerprint density at radius 1 is 1.15 bits per heavy atom. The predicted octanol–water partition coefficient (Wildman–Crippen LogP) is 3.66. The highest BCUT2D eigenvalue weighted by Crippen LogP contribution is 2.29. The fourth-order valence-corrected chi connectivity index (χ4v) is 5.08. The summed E-state index contributed by atoms with van der Waals surface area (Å²) in [6, 6.07) is 3.69. The first kappa shape index (κ1) is 27.6. The fraction of sp³-hybridized carbons (Fsp3) is 0.357. The summed E-state index contributed by atoms with van der Waals surface area (Å²) < 4.78 is 1.49. The number of fused-ring (bicyclic) bond motifs is 1. The lowest BCUT2D eigenvalue weighted by molar-refractivity contribution is 0.0650. The molecule has 0 unspecified atom stereocenters. The Kier molecular flexibility index (Phi) is 7.86.